The summed E-state index contributed by atoms with van der Waals surface area (Å²) < 4.78 is 33.4. The fourth-order valence-corrected chi connectivity index (χ4v) is 3.63. The highest BCUT2D eigenvalue weighted by Crippen LogP contribution is 2.41. The number of ether oxygens (including phenoxy) is 6. The third kappa shape index (κ3) is 5.59. The van der Waals surface area contributed by atoms with Crippen LogP contribution in [0.2, 0.25) is 0 Å². The monoisotopic (exact) mass is 450 g/mol. The van der Waals surface area contributed by atoms with Crippen LogP contribution in [0.1, 0.15) is 28.4 Å². The van der Waals surface area contributed by atoms with Crippen molar-refractivity contribution in [3.05, 3.63) is 76.9 Å². The Labute approximate surface area is 195 Å². The zero-order valence-electron chi connectivity index (χ0n) is 19.9. The lowest BCUT2D eigenvalue weighted by atomic mass is 9.94. The molecule has 3 aromatic carbocycles. The smallest absolute Gasteiger partial charge is 0.129 e. The van der Waals surface area contributed by atoms with Crippen LogP contribution in [-0.2, 0) is 4.74 Å². The lowest BCUT2D eigenvalue weighted by Gasteiger charge is -2.23. The van der Waals surface area contributed by atoms with Gasteiger partial charge in [0.2, 0.25) is 0 Å². The van der Waals surface area contributed by atoms with E-state index in [9.17, 15) is 0 Å². The van der Waals surface area contributed by atoms with E-state index in [1.807, 2.05) is 66.7 Å². The van der Waals surface area contributed by atoms with E-state index in [2.05, 4.69) is 0 Å². The first-order chi connectivity index (χ1) is 16.1. The quantitative estimate of drug-likeness (QED) is 0.373. The minimum absolute atomic E-state index is 0.439. The van der Waals surface area contributed by atoms with Crippen molar-refractivity contribution in [1.82, 2.24) is 0 Å². The van der Waals surface area contributed by atoms with E-state index in [4.69, 9.17) is 28.4 Å². The second-order valence-electron chi connectivity index (χ2n) is 7.20. The Morgan fingerprint density at radius 1 is 0.576 bits per heavy atom. The van der Waals surface area contributed by atoms with Gasteiger partial charge in [-0.3, -0.25) is 0 Å². The molecule has 0 aliphatic carbocycles. The minimum atomic E-state index is -0.439. The predicted molar refractivity (Wildman–Crippen MR) is 130 cm³/mol. The summed E-state index contributed by atoms with van der Waals surface area (Å²) in [7, 11) is 9.82. The van der Waals surface area contributed by atoms with Crippen molar-refractivity contribution < 1.29 is 28.4 Å². The van der Waals surface area contributed by atoms with Gasteiger partial charge >= 0.3 is 0 Å². The maximum absolute atomic E-state index is 5.98. The highest BCUT2D eigenvalue weighted by atomic mass is 16.5. The second kappa shape index (κ2) is 11.3. The molecular weight excluding hydrogens is 420 g/mol. The van der Waals surface area contributed by atoms with Crippen molar-refractivity contribution in [3.8, 4) is 28.7 Å². The van der Waals surface area contributed by atoms with E-state index in [1.54, 1.807) is 42.7 Å². The highest BCUT2D eigenvalue weighted by Gasteiger charge is 2.23. The van der Waals surface area contributed by atoms with Gasteiger partial charge in [-0.25, -0.2) is 0 Å². The summed E-state index contributed by atoms with van der Waals surface area (Å²) in [5, 5.41) is 0. The molecule has 0 spiro atoms. The van der Waals surface area contributed by atoms with Crippen LogP contribution in [0.4, 0.5) is 0 Å². The molecule has 0 aliphatic heterocycles. The van der Waals surface area contributed by atoms with E-state index in [0.29, 0.717) is 23.0 Å². The van der Waals surface area contributed by atoms with E-state index < -0.39 is 6.10 Å². The first kappa shape index (κ1) is 24.0. The van der Waals surface area contributed by atoms with Gasteiger partial charge in [-0.1, -0.05) is 24.3 Å². The topological polar surface area (TPSA) is 55.4 Å². The first-order valence-corrected chi connectivity index (χ1v) is 10.4. The van der Waals surface area contributed by atoms with Gasteiger partial charge in [0.1, 0.15) is 34.9 Å². The Bertz CT molecular complexity index is 1070. The molecule has 0 heterocycles. The van der Waals surface area contributed by atoms with Gasteiger partial charge < -0.3 is 28.4 Å². The number of rotatable bonds is 10. The summed E-state index contributed by atoms with van der Waals surface area (Å²) in [4.78, 5) is 0. The van der Waals surface area contributed by atoms with Gasteiger partial charge in [0, 0.05) is 24.8 Å². The molecule has 0 aromatic heterocycles. The van der Waals surface area contributed by atoms with E-state index >= 15 is 0 Å². The zero-order valence-corrected chi connectivity index (χ0v) is 19.9. The lowest BCUT2D eigenvalue weighted by Crippen LogP contribution is -2.09. The standard InChI is InChI=1S/C27H30O6/c1-28-21-11-8-18(9-12-21)7-10-19-13-24(31-4)17-25(32-5)26(19)27(33-6)20-14-22(29-2)16-23(15-20)30-3/h7-17,27H,1-6H3. The molecule has 6 heteroatoms. The molecule has 33 heavy (non-hydrogen) atoms. The van der Waals surface area contributed by atoms with Crippen LogP contribution in [-0.4, -0.2) is 42.7 Å². The van der Waals surface area contributed by atoms with Crippen LogP contribution < -0.4 is 23.7 Å². The van der Waals surface area contributed by atoms with Crippen molar-refractivity contribution in [1.29, 1.82) is 0 Å². The van der Waals surface area contributed by atoms with Gasteiger partial charge in [0.05, 0.1) is 35.5 Å². The fourth-order valence-electron chi connectivity index (χ4n) is 3.63. The average molecular weight is 451 g/mol. The summed E-state index contributed by atoms with van der Waals surface area (Å²) in [5.41, 5.74) is 3.66. The van der Waals surface area contributed by atoms with Crippen molar-refractivity contribution in [2.75, 3.05) is 42.7 Å². The lowest BCUT2D eigenvalue weighted by molar-refractivity contribution is 0.133. The molecule has 0 fully saturated rings. The SMILES string of the molecule is COc1ccc(C=Cc2cc(OC)cc(OC)c2C(OC)c2cc(OC)cc(OC)c2)cc1. The van der Waals surface area contributed by atoms with E-state index in [0.717, 1.165) is 28.0 Å². The molecule has 1 unspecified atom stereocenters. The maximum atomic E-state index is 5.98. The predicted octanol–water partition coefficient (Wildman–Crippen LogP) is 5.64. The Hall–Kier alpha value is -3.64. The number of methoxy groups -OCH3 is 6. The molecule has 6 nitrogen and oxygen atoms in total. The molecule has 174 valence electrons. The van der Waals surface area contributed by atoms with Gasteiger partial charge in [-0.2, -0.15) is 0 Å². The van der Waals surface area contributed by atoms with Crippen molar-refractivity contribution in [2.45, 2.75) is 6.10 Å². The van der Waals surface area contributed by atoms with Crippen LogP contribution >= 0.6 is 0 Å². The van der Waals surface area contributed by atoms with Crippen LogP contribution in [0, 0.1) is 0 Å². The second-order valence-corrected chi connectivity index (χ2v) is 7.20. The Morgan fingerprint density at radius 3 is 1.67 bits per heavy atom. The average Bonchev–Trinajstić information content (AvgIpc) is 2.88. The summed E-state index contributed by atoms with van der Waals surface area (Å²) in [6.07, 6.45) is 3.60. The summed E-state index contributed by atoms with van der Waals surface area (Å²) in [6, 6.07) is 17.3. The summed E-state index contributed by atoms with van der Waals surface area (Å²) in [5.74, 6) is 3.49. The minimum Gasteiger partial charge on any atom is -0.497 e. The van der Waals surface area contributed by atoms with Crippen LogP contribution in [0.5, 0.6) is 28.7 Å². The number of hydrogen-bond acceptors (Lipinski definition) is 6. The Kier molecular flexibility index (Phi) is 8.22. The number of hydrogen-bond donors (Lipinski definition) is 0. The van der Waals surface area contributed by atoms with E-state index in [-0.39, 0.29) is 0 Å². The van der Waals surface area contributed by atoms with Gasteiger partial charge in [0.25, 0.3) is 0 Å². The van der Waals surface area contributed by atoms with Crippen LogP contribution in [0.15, 0.2) is 54.6 Å². The number of benzene rings is 3. The molecule has 0 aliphatic rings. The fraction of sp³-hybridized carbons (Fsp3) is 0.259. The van der Waals surface area contributed by atoms with Crippen molar-refractivity contribution in [2.24, 2.45) is 0 Å². The van der Waals surface area contributed by atoms with Gasteiger partial charge in [0.15, 0.2) is 0 Å². The Morgan fingerprint density at radius 2 is 1.15 bits per heavy atom. The molecule has 0 amide bonds. The largest absolute Gasteiger partial charge is 0.497 e. The molecule has 0 bridgehead atoms. The molecular formula is C27H30O6. The molecule has 0 N–H and O–H groups in total. The van der Waals surface area contributed by atoms with Crippen molar-refractivity contribution >= 4 is 12.2 Å². The third-order valence-electron chi connectivity index (χ3n) is 5.35. The van der Waals surface area contributed by atoms with E-state index in [1.165, 1.54) is 0 Å². The normalized spacial score (nSPS) is 11.8. The molecule has 3 rings (SSSR count). The molecule has 3 aromatic rings. The zero-order chi connectivity index (χ0) is 23.8. The molecule has 0 radical (unpaired) electrons. The third-order valence-corrected chi connectivity index (χ3v) is 5.35. The Balaban J connectivity index is 2.15. The van der Waals surface area contributed by atoms with Crippen LogP contribution in [0.3, 0.4) is 0 Å². The first-order valence-electron chi connectivity index (χ1n) is 10.4. The summed E-state index contributed by atoms with van der Waals surface area (Å²) >= 11 is 0. The molecule has 0 saturated carbocycles. The van der Waals surface area contributed by atoms with Gasteiger partial charge in [-0.15, -0.1) is 0 Å². The molecule has 1 atom stereocenters. The summed E-state index contributed by atoms with van der Waals surface area (Å²) in [6.45, 7) is 0. The van der Waals surface area contributed by atoms with Crippen molar-refractivity contribution in [3.63, 3.8) is 0 Å². The molecule has 0 saturated heterocycles. The van der Waals surface area contributed by atoms with Crippen LogP contribution in [0.25, 0.3) is 12.2 Å². The maximum Gasteiger partial charge on any atom is 0.129 e. The van der Waals surface area contributed by atoms with Gasteiger partial charge in [-0.05, 0) is 47.0 Å². The highest BCUT2D eigenvalue weighted by molar-refractivity contribution is 5.74.